The van der Waals surface area contributed by atoms with Crippen molar-refractivity contribution in [1.82, 2.24) is 4.90 Å². The molecule has 0 amide bonds. The van der Waals surface area contributed by atoms with Gasteiger partial charge >= 0.3 is 0 Å². The van der Waals surface area contributed by atoms with Gasteiger partial charge in [0.15, 0.2) is 0 Å². The topological polar surface area (TPSA) is 29.5 Å². The highest BCUT2D eigenvalue weighted by molar-refractivity contribution is 5.80. The largest absolute Gasteiger partial charge is 0.383 e. The van der Waals surface area contributed by atoms with E-state index in [4.69, 9.17) is 4.74 Å². The highest BCUT2D eigenvalue weighted by Crippen LogP contribution is 2.23. The average molecular weight is 229 g/mol. The quantitative estimate of drug-likeness (QED) is 0.639. The number of likely N-dealkylation sites (N-methyl/N-ethyl adjacent to an activating group) is 1. The molecule has 0 rings (SSSR count). The van der Waals surface area contributed by atoms with Crippen molar-refractivity contribution >= 4 is 5.78 Å². The van der Waals surface area contributed by atoms with Gasteiger partial charge in [-0.15, -0.1) is 0 Å². The standard InChI is InChI=1S/C13H27NO2/c1-11(2)12(15)9-13(3,4)10-14(5)7-8-16-6/h11H,7-10H2,1-6H3. The maximum Gasteiger partial charge on any atom is 0.136 e. The molecule has 0 spiro atoms. The molecule has 3 nitrogen and oxygen atoms in total. The summed E-state index contributed by atoms with van der Waals surface area (Å²) >= 11 is 0. The number of rotatable bonds is 8. The minimum Gasteiger partial charge on any atom is -0.383 e. The zero-order valence-electron chi connectivity index (χ0n) is 11.7. The number of hydrogen-bond donors (Lipinski definition) is 0. The van der Waals surface area contributed by atoms with Gasteiger partial charge in [0.1, 0.15) is 5.78 Å². The number of ketones is 1. The van der Waals surface area contributed by atoms with Crippen molar-refractivity contribution in [2.24, 2.45) is 11.3 Å². The molecule has 0 aliphatic rings. The third-order valence-electron chi connectivity index (χ3n) is 2.67. The predicted octanol–water partition coefficient (Wildman–Crippen LogP) is 2.21. The molecule has 3 heteroatoms. The molecule has 0 aromatic carbocycles. The fourth-order valence-corrected chi connectivity index (χ4v) is 1.79. The molecule has 16 heavy (non-hydrogen) atoms. The van der Waals surface area contributed by atoms with Crippen LogP contribution >= 0.6 is 0 Å². The van der Waals surface area contributed by atoms with Gasteiger partial charge < -0.3 is 9.64 Å². The van der Waals surface area contributed by atoms with E-state index in [2.05, 4.69) is 25.8 Å². The third-order valence-corrected chi connectivity index (χ3v) is 2.67. The second kappa shape index (κ2) is 7.02. The predicted molar refractivity (Wildman–Crippen MR) is 67.6 cm³/mol. The van der Waals surface area contributed by atoms with Crippen molar-refractivity contribution in [2.45, 2.75) is 34.1 Å². The van der Waals surface area contributed by atoms with Gasteiger partial charge in [-0.2, -0.15) is 0 Å². The Hall–Kier alpha value is -0.410. The van der Waals surface area contributed by atoms with E-state index in [-0.39, 0.29) is 11.3 Å². The molecule has 0 unspecified atom stereocenters. The Morgan fingerprint density at radius 1 is 1.38 bits per heavy atom. The first-order valence-corrected chi connectivity index (χ1v) is 5.98. The molecular weight excluding hydrogens is 202 g/mol. The molecule has 0 radical (unpaired) electrons. The summed E-state index contributed by atoms with van der Waals surface area (Å²) in [5.74, 6) is 0.494. The first-order valence-electron chi connectivity index (χ1n) is 5.98. The van der Waals surface area contributed by atoms with Crippen LogP contribution in [-0.2, 0) is 9.53 Å². The smallest absolute Gasteiger partial charge is 0.136 e. The third kappa shape index (κ3) is 6.96. The molecule has 0 aliphatic carbocycles. The van der Waals surface area contributed by atoms with E-state index < -0.39 is 0 Å². The molecule has 0 N–H and O–H groups in total. The van der Waals surface area contributed by atoms with Crippen LogP contribution in [0.2, 0.25) is 0 Å². The van der Waals surface area contributed by atoms with Crippen molar-refractivity contribution in [1.29, 1.82) is 0 Å². The SMILES string of the molecule is COCCN(C)CC(C)(C)CC(=O)C(C)C. The van der Waals surface area contributed by atoms with E-state index >= 15 is 0 Å². The van der Waals surface area contributed by atoms with Gasteiger partial charge in [-0.1, -0.05) is 27.7 Å². The monoisotopic (exact) mass is 229 g/mol. The van der Waals surface area contributed by atoms with Gasteiger partial charge in [0.2, 0.25) is 0 Å². The van der Waals surface area contributed by atoms with E-state index in [1.54, 1.807) is 7.11 Å². The van der Waals surface area contributed by atoms with E-state index in [1.165, 1.54) is 0 Å². The summed E-state index contributed by atoms with van der Waals surface area (Å²) in [4.78, 5) is 13.9. The lowest BCUT2D eigenvalue weighted by molar-refractivity contribution is -0.124. The second-order valence-electron chi connectivity index (χ2n) is 5.69. The Kier molecular flexibility index (Phi) is 6.84. The zero-order valence-corrected chi connectivity index (χ0v) is 11.7. The Morgan fingerprint density at radius 2 is 1.94 bits per heavy atom. The first-order chi connectivity index (χ1) is 7.28. The summed E-state index contributed by atoms with van der Waals surface area (Å²) in [6, 6.07) is 0. The summed E-state index contributed by atoms with van der Waals surface area (Å²) in [5.41, 5.74) is 0.0455. The summed E-state index contributed by atoms with van der Waals surface area (Å²) in [6.45, 7) is 10.8. The summed E-state index contributed by atoms with van der Waals surface area (Å²) in [7, 11) is 3.78. The fraction of sp³-hybridized carbons (Fsp3) is 0.923. The van der Waals surface area contributed by atoms with Crippen LogP contribution in [0, 0.1) is 11.3 Å². The number of Topliss-reactive ketones (excluding diaryl/α,β-unsaturated/α-hetero) is 1. The molecular formula is C13H27NO2. The minimum atomic E-state index is 0.0455. The maximum atomic E-state index is 11.7. The van der Waals surface area contributed by atoms with Crippen molar-refractivity contribution in [3.05, 3.63) is 0 Å². The summed E-state index contributed by atoms with van der Waals surface area (Å²) < 4.78 is 5.04. The zero-order chi connectivity index (χ0) is 12.8. The molecule has 0 saturated heterocycles. The minimum absolute atomic E-state index is 0.0455. The molecule has 0 bridgehead atoms. The molecule has 0 heterocycles. The van der Waals surface area contributed by atoms with Gasteiger partial charge in [-0.25, -0.2) is 0 Å². The van der Waals surface area contributed by atoms with Crippen LogP contribution in [0.4, 0.5) is 0 Å². The summed E-state index contributed by atoms with van der Waals surface area (Å²) in [5, 5.41) is 0. The van der Waals surface area contributed by atoms with E-state index in [9.17, 15) is 4.79 Å². The normalized spacial score (nSPS) is 12.5. The lowest BCUT2D eigenvalue weighted by atomic mass is 9.84. The highest BCUT2D eigenvalue weighted by Gasteiger charge is 2.24. The number of carbonyl (C=O) groups is 1. The van der Waals surface area contributed by atoms with Gasteiger partial charge in [-0.3, -0.25) is 4.79 Å². The van der Waals surface area contributed by atoms with E-state index in [0.717, 1.165) is 19.7 Å². The Morgan fingerprint density at radius 3 is 2.38 bits per heavy atom. The second-order valence-corrected chi connectivity index (χ2v) is 5.69. The number of nitrogens with zero attached hydrogens (tertiary/aromatic N) is 1. The van der Waals surface area contributed by atoms with Gasteiger partial charge in [0.25, 0.3) is 0 Å². The number of hydrogen-bond acceptors (Lipinski definition) is 3. The molecule has 0 aliphatic heterocycles. The van der Waals surface area contributed by atoms with Crippen LogP contribution < -0.4 is 0 Å². The average Bonchev–Trinajstić information content (AvgIpc) is 2.12. The van der Waals surface area contributed by atoms with Crippen LogP contribution in [0.1, 0.15) is 34.1 Å². The molecule has 96 valence electrons. The summed E-state index contributed by atoms with van der Waals surface area (Å²) in [6.07, 6.45) is 0.655. The molecule has 0 aromatic rings. The number of ether oxygens (including phenoxy) is 1. The van der Waals surface area contributed by atoms with Gasteiger partial charge in [-0.05, 0) is 12.5 Å². The van der Waals surface area contributed by atoms with E-state index in [0.29, 0.717) is 12.2 Å². The van der Waals surface area contributed by atoms with Crippen molar-refractivity contribution in [3.8, 4) is 0 Å². The van der Waals surface area contributed by atoms with Gasteiger partial charge in [0.05, 0.1) is 6.61 Å². The maximum absolute atomic E-state index is 11.7. The van der Waals surface area contributed by atoms with Crippen LogP contribution in [0.5, 0.6) is 0 Å². The van der Waals surface area contributed by atoms with Crippen LogP contribution in [0.15, 0.2) is 0 Å². The molecule has 0 aromatic heterocycles. The van der Waals surface area contributed by atoms with Crippen molar-refractivity contribution in [2.75, 3.05) is 33.9 Å². The highest BCUT2D eigenvalue weighted by atomic mass is 16.5. The van der Waals surface area contributed by atoms with E-state index in [1.807, 2.05) is 13.8 Å². The van der Waals surface area contributed by atoms with Crippen LogP contribution in [0.25, 0.3) is 0 Å². The van der Waals surface area contributed by atoms with Gasteiger partial charge in [0, 0.05) is 32.5 Å². The Labute approximate surface area is 100 Å². The molecule has 0 saturated carbocycles. The lowest BCUT2D eigenvalue weighted by Gasteiger charge is -2.30. The Balaban J connectivity index is 4.07. The number of methoxy groups -OCH3 is 1. The number of carbonyl (C=O) groups excluding carboxylic acids is 1. The van der Waals surface area contributed by atoms with Crippen molar-refractivity contribution in [3.63, 3.8) is 0 Å². The molecule has 0 fully saturated rings. The first kappa shape index (κ1) is 15.6. The van der Waals surface area contributed by atoms with Crippen LogP contribution in [-0.4, -0.2) is 44.5 Å². The lowest BCUT2D eigenvalue weighted by Crippen LogP contribution is -2.35. The van der Waals surface area contributed by atoms with Crippen molar-refractivity contribution < 1.29 is 9.53 Å². The van der Waals surface area contributed by atoms with Crippen LogP contribution in [0.3, 0.4) is 0 Å². The Bertz CT molecular complexity index is 212. The molecule has 0 atom stereocenters. The fourth-order valence-electron chi connectivity index (χ4n) is 1.79.